The maximum atomic E-state index is 11.8. The highest BCUT2D eigenvalue weighted by Gasteiger charge is 2.24. The first kappa shape index (κ1) is 19.8. The summed E-state index contributed by atoms with van der Waals surface area (Å²) < 4.78 is 5.46. The first-order valence-corrected chi connectivity index (χ1v) is 9.97. The molecule has 0 unspecified atom stereocenters. The molecule has 2 aliphatic rings. The quantitative estimate of drug-likeness (QED) is 0.567. The Kier molecular flexibility index (Phi) is 9.24. The van der Waals surface area contributed by atoms with Crippen LogP contribution in [0.3, 0.4) is 0 Å². The number of hydrogen-bond donors (Lipinski definition) is 0. The van der Waals surface area contributed by atoms with Gasteiger partial charge in [-0.2, -0.15) is 0 Å². The zero-order valence-corrected chi connectivity index (χ0v) is 15.8. The van der Waals surface area contributed by atoms with Gasteiger partial charge in [0.05, 0.1) is 13.2 Å². The van der Waals surface area contributed by atoms with E-state index in [-0.39, 0.29) is 0 Å². The van der Waals surface area contributed by atoms with Crippen LogP contribution in [-0.2, 0) is 9.53 Å². The molecule has 0 saturated carbocycles. The van der Waals surface area contributed by atoms with Crippen molar-refractivity contribution in [1.82, 2.24) is 14.7 Å². The van der Waals surface area contributed by atoms with Crippen LogP contribution in [0.4, 0.5) is 0 Å². The molecule has 0 radical (unpaired) electrons. The number of nitrogens with zero attached hydrogens (tertiary/aromatic N) is 3. The van der Waals surface area contributed by atoms with Crippen molar-refractivity contribution >= 4 is 5.78 Å². The highest BCUT2D eigenvalue weighted by atomic mass is 16.5. The third kappa shape index (κ3) is 7.18. The molecule has 0 spiro atoms. The fourth-order valence-corrected chi connectivity index (χ4v) is 3.83. The molecule has 0 bridgehead atoms. The zero-order chi connectivity index (χ0) is 17.2. The van der Waals surface area contributed by atoms with Gasteiger partial charge in [-0.15, -0.1) is 0 Å². The number of hydrogen-bond acceptors (Lipinski definition) is 5. The second-order valence-corrected chi connectivity index (χ2v) is 7.35. The number of carbonyl (C=O) groups is 1. The van der Waals surface area contributed by atoms with Crippen LogP contribution in [0.5, 0.6) is 0 Å². The summed E-state index contributed by atoms with van der Waals surface area (Å²) in [4.78, 5) is 19.3. The van der Waals surface area contributed by atoms with Gasteiger partial charge in [-0.3, -0.25) is 9.69 Å². The molecule has 0 amide bonds. The number of rotatable bonds is 10. The number of likely N-dealkylation sites (tertiary alicyclic amines) is 1. The number of carbonyl (C=O) groups excluding carboxylic acids is 1. The molecule has 5 heteroatoms. The van der Waals surface area contributed by atoms with Gasteiger partial charge in [0.1, 0.15) is 5.78 Å². The minimum atomic E-state index is 0.408. The van der Waals surface area contributed by atoms with Gasteiger partial charge in [0, 0.05) is 52.3 Å². The van der Waals surface area contributed by atoms with Crippen LogP contribution in [0, 0.1) is 5.92 Å². The van der Waals surface area contributed by atoms with Gasteiger partial charge in [0.25, 0.3) is 0 Å². The maximum Gasteiger partial charge on any atom is 0.146 e. The zero-order valence-electron chi connectivity index (χ0n) is 15.8. The first-order valence-electron chi connectivity index (χ1n) is 9.97. The molecule has 24 heavy (non-hydrogen) atoms. The highest BCUT2D eigenvalue weighted by Crippen LogP contribution is 2.19. The van der Waals surface area contributed by atoms with E-state index in [1.54, 1.807) is 0 Å². The Bertz CT molecular complexity index is 349. The van der Waals surface area contributed by atoms with Crippen molar-refractivity contribution < 1.29 is 9.53 Å². The number of piperidine rings is 1. The maximum absolute atomic E-state index is 11.8. The molecule has 2 fully saturated rings. The lowest BCUT2D eigenvalue weighted by atomic mass is 9.96. The summed E-state index contributed by atoms with van der Waals surface area (Å²) in [6.07, 6.45) is 4.35. The summed E-state index contributed by atoms with van der Waals surface area (Å²) in [5.74, 6) is 1.26. The van der Waals surface area contributed by atoms with Crippen LogP contribution in [0.2, 0.25) is 0 Å². The van der Waals surface area contributed by atoms with Crippen molar-refractivity contribution in [2.45, 2.75) is 39.5 Å². The van der Waals surface area contributed by atoms with Crippen LogP contribution >= 0.6 is 0 Å². The number of piperazine rings is 1. The predicted octanol–water partition coefficient (Wildman–Crippen LogP) is 1.72. The average molecular weight is 340 g/mol. The van der Waals surface area contributed by atoms with Crippen molar-refractivity contribution in [1.29, 1.82) is 0 Å². The first-order chi connectivity index (χ1) is 11.7. The summed E-state index contributed by atoms with van der Waals surface area (Å²) in [7, 11) is 0. The molecule has 5 nitrogen and oxygen atoms in total. The van der Waals surface area contributed by atoms with E-state index in [0.717, 1.165) is 64.7 Å². The van der Waals surface area contributed by atoms with E-state index in [4.69, 9.17) is 4.74 Å². The van der Waals surface area contributed by atoms with Crippen molar-refractivity contribution in [2.24, 2.45) is 5.92 Å². The molecular formula is C19H37N3O2. The molecule has 0 aromatic rings. The lowest BCUT2D eigenvalue weighted by molar-refractivity contribution is -0.120. The van der Waals surface area contributed by atoms with Gasteiger partial charge in [-0.05, 0) is 45.2 Å². The SMILES string of the molecule is CCCC(=O)CN1CCN(CC2CCN(CCOCC)CC2)CC1. The fraction of sp³-hybridized carbons (Fsp3) is 0.947. The largest absolute Gasteiger partial charge is 0.380 e. The molecule has 2 rings (SSSR count). The van der Waals surface area contributed by atoms with E-state index in [2.05, 4.69) is 28.5 Å². The molecule has 0 N–H and O–H groups in total. The van der Waals surface area contributed by atoms with Crippen molar-refractivity contribution in [2.75, 3.05) is 72.1 Å². The average Bonchev–Trinajstić information content (AvgIpc) is 2.59. The molecule has 0 atom stereocenters. The fourth-order valence-electron chi connectivity index (χ4n) is 3.83. The Balaban J connectivity index is 1.57. The van der Waals surface area contributed by atoms with Crippen molar-refractivity contribution in [3.63, 3.8) is 0 Å². The van der Waals surface area contributed by atoms with Crippen LogP contribution < -0.4 is 0 Å². The van der Waals surface area contributed by atoms with Gasteiger partial charge in [-0.1, -0.05) is 6.92 Å². The van der Waals surface area contributed by atoms with Crippen molar-refractivity contribution in [3.05, 3.63) is 0 Å². The van der Waals surface area contributed by atoms with E-state index < -0.39 is 0 Å². The summed E-state index contributed by atoms with van der Waals surface area (Å²) in [5, 5.41) is 0. The van der Waals surface area contributed by atoms with Crippen LogP contribution in [0.15, 0.2) is 0 Å². The third-order valence-corrected chi connectivity index (χ3v) is 5.37. The number of ketones is 1. The number of Topliss-reactive ketones (excluding diaryl/α,β-unsaturated/α-hetero) is 1. The molecule has 0 aromatic carbocycles. The van der Waals surface area contributed by atoms with E-state index in [1.165, 1.54) is 32.5 Å². The molecule has 140 valence electrons. The normalized spacial score (nSPS) is 22.1. The molecule has 2 saturated heterocycles. The predicted molar refractivity (Wildman–Crippen MR) is 98.5 cm³/mol. The van der Waals surface area contributed by atoms with Gasteiger partial charge in [0.2, 0.25) is 0 Å². The summed E-state index contributed by atoms with van der Waals surface area (Å²) >= 11 is 0. The Labute approximate surface area is 148 Å². The Morgan fingerprint density at radius 3 is 2.25 bits per heavy atom. The second-order valence-electron chi connectivity index (χ2n) is 7.35. The summed E-state index contributed by atoms with van der Waals surface area (Å²) in [5.41, 5.74) is 0. The molecule has 2 aliphatic heterocycles. The summed E-state index contributed by atoms with van der Waals surface area (Å²) in [6.45, 7) is 15.7. The molecule has 0 aromatic heterocycles. The minimum absolute atomic E-state index is 0.408. The van der Waals surface area contributed by atoms with Crippen LogP contribution in [-0.4, -0.2) is 92.6 Å². The minimum Gasteiger partial charge on any atom is -0.380 e. The number of ether oxygens (including phenoxy) is 1. The Morgan fingerprint density at radius 2 is 1.62 bits per heavy atom. The van der Waals surface area contributed by atoms with Crippen molar-refractivity contribution in [3.8, 4) is 0 Å². The molecular weight excluding hydrogens is 302 g/mol. The van der Waals surface area contributed by atoms with Gasteiger partial charge in [0.15, 0.2) is 0 Å². The molecule has 2 heterocycles. The van der Waals surface area contributed by atoms with Crippen LogP contribution in [0.25, 0.3) is 0 Å². The Hall–Kier alpha value is -0.490. The molecule has 0 aliphatic carbocycles. The van der Waals surface area contributed by atoms with E-state index in [1.807, 2.05) is 0 Å². The monoisotopic (exact) mass is 339 g/mol. The highest BCUT2D eigenvalue weighted by molar-refractivity contribution is 5.80. The lowest BCUT2D eigenvalue weighted by Gasteiger charge is -2.38. The van der Waals surface area contributed by atoms with E-state index in [9.17, 15) is 4.79 Å². The van der Waals surface area contributed by atoms with E-state index >= 15 is 0 Å². The summed E-state index contributed by atoms with van der Waals surface area (Å²) in [6, 6.07) is 0. The lowest BCUT2D eigenvalue weighted by Crippen LogP contribution is -2.50. The van der Waals surface area contributed by atoms with Gasteiger partial charge >= 0.3 is 0 Å². The van der Waals surface area contributed by atoms with E-state index in [0.29, 0.717) is 12.3 Å². The Morgan fingerprint density at radius 1 is 0.958 bits per heavy atom. The second kappa shape index (κ2) is 11.2. The third-order valence-electron chi connectivity index (χ3n) is 5.37. The topological polar surface area (TPSA) is 36.0 Å². The smallest absolute Gasteiger partial charge is 0.146 e. The standard InChI is InChI=1S/C19H37N3O2/c1-3-5-19(23)17-22-12-10-21(11-13-22)16-18-6-8-20(9-7-18)14-15-24-4-2/h18H,3-17H2,1-2H3. The van der Waals surface area contributed by atoms with Crippen LogP contribution in [0.1, 0.15) is 39.5 Å². The van der Waals surface area contributed by atoms with Gasteiger partial charge in [-0.25, -0.2) is 0 Å². The van der Waals surface area contributed by atoms with Gasteiger partial charge < -0.3 is 14.5 Å².